The molecule has 1 aromatic carbocycles. The first-order valence-corrected chi connectivity index (χ1v) is 9.15. The van der Waals surface area contributed by atoms with Gasteiger partial charge in [0.1, 0.15) is 4.88 Å². The molecule has 0 fully saturated rings. The molecule has 1 heterocycles. The molecular formula is C15H17NO4S2. The summed E-state index contributed by atoms with van der Waals surface area (Å²) in [6, 6.07) is 8.09. The normalized spacial score (nSPS) is 12.8. The molecule has 0 saturated carbocycles. The molecule has 5 nitrogen and oxygen atoms in total. The van der Waals surface area contributed by atoms with Gasteiger partial charge in [-0.2, -0.15) is 0 Å². The van der Waals surface area contributed by atoms with Crippen molar-refractivity contribution in [2.75, 3.05) is 4.72 Å². The Hall–Kier alpha value is -1.86. The van der Waals surface area contributed by atoms with Crippen LogP contribution in [0.5, 0.6) is 0 Å². The van der Waals surface area contributed by atoms with Gasteiger partial charge in [-0.25, -0.2) is 13.2 Å². The maximum atomic E-state index is 12.3. The lowest BCUT2D eigenvalue weighted by Gasteiger charge is -2.11. The smallest absolute Gasteiger partial charge is 0.348 e. The molecule has 7 heteroatoms. The van der Waals surface area contributed by atoms with E-state index >= 15 is 0 Å². The van der Waals surface area contributed by atoms with Crippen LogP contribution in [-0.4, -0.2) is 19.5 Å². The zero-order valence-electron chi connectivity index (χ0n) is 12.2. The maximum absolute atomic E-state index is 12.3. The minimum absolute atomic E-state index is 0.0280. The fraction of sp³-hybridized carbons (Fsp3) is 0.267. The van der Waals surface area contributed by atoms with E-state index in [0.717, 1.165) is 23.3 Å². The summed E-state index contributed by atoms with van der Waals surface area (Å²) in [6.45, 7) is 4.15. The van der Waals surface area contributed by atoms with Crippen LogP contribution >= 0.6 is 11.3 Å². The zero-order valence-corrected chi connectivity index (χ0v) is 13.9. The highest BCUT2D eigenvalue weighted by atomic mass is 32.2. The fourth-order valence-electron chi connectivity index (χ4n) is 1.97. The summed E-state index contributed by atoms with van der Waals surface area (Å²) in [5.41, 5.74) is 1.16. The van der Waals surface area contributed by atoms with Gasteiger partial charge in [0.25, 0.3) is 10.0 Å². The van der Waals surface area contributed by atoms with Crippen LogP contribution in [0, 0.1) is 0 Å². The summed E-state index contributed by atoms with van der Waals surface area (Å²) in [7, 11) is -3.80. The molecule has 0 bridgehead atoms. The number of nitrogens with one attached hydrogen (secondary N) is 1. The molecule has 0 radical (unpaired) electrons. The van der Waals surface area contributed by atoms with E-state index in [1.165, 1.54) is 23.6 Å². The minimum atomic E-state index is -3.80. The Kier molecular flexibility index (Phi) is 4.87. The third-order valence-corrected chi connectivity index (χ3v) is 5.76. The van der Waals surface area contributed by atoms with Crippen molar-refractivity contribution in [1.82, 2.24) is 0 Å². The van der Waals surface area contributed by atoms with Crippen LogP contribution in [0.1, 0.15) is 41.4 Å². The standard InChI is InChI=1S/C15H17NO4S2/c1-3-10(2)11-4-6-12(7-5-11)22(19,20)16-13-8-9-21-14(13)15(17)18/h4-10,16H,3H2,1-2H3,(H,17,18). The van der Waals surface area contributed by atoms with Gasteiger partial charge in [0.2, 0.25) is 0 Å². The molecule has 1 atom stereocenters. The van der Waals surface area contributed by atoms with Crippen molar-refractivity contribution in [2.45, 2.75) is 31.1 Å². The third kappa shape index (κ3) is 3.48. The summed E-state index contributed by atoms with van der Waals surface area (Å²) in [5, 5.41) is 10.6. The number of thiophene rings is 1. The highest BCUT2D eigenvalue weighted by Gasteiger charge is 2.19. The van der Waals surface area contributed by atoms with E-state index in [4.69, 9.17) is 5.11 Å². The van der Waals surface area contributed by atoms with Crippen LogP contribution in [0.2, 0.25) is 0 Å². The van der Waals surface area contributed by atoms with Crippen molar-refractivity contribution >= 4 is 33.0 Å². The number of hydrogen-bond acceptors (Lipinski definition) is 4. The van der Waals surface area contributed by atoms with Crippen LogP contribution in [0.3, 0.4) is 0 Å². The highest BCUT2D eigenvalue weighted by molar-refractivity contribution is 7.92. The molecule has 0 spiro atoms. The molecule has 22 heavy (non-hydrogen) atoms. The minimum Gasteiger partial charge on any atom is -0.477 e. The van der Waals surface area contributed by atoms with Crippen molar-refractivity contribution in [3.05, 3.63) is 46.2 Å². The van der Waals surface area contributed by atoms with Crippen molar-refractivity contribution in [1.29, 1.82) is 0 Å². The van der Waals surface area contributed by atoms with E-state index in [2.05, 4.69) is 18.6 Å². The van der Waals surface area contributed by atoms with Gasteiger partial charge >= 0.3 is 5.97 Å². The average molecular weight is 339 g/mol. The predicted molar refractivity (Wildman–Crippen MR) is 87.2 cm³/mol. The lowest BCUT2D eigenvalue weighted by molar-refractivity contribution is 0.0703. The van der Waals surface area contributed by atoms with Crippen LogP contribution in [-0.2, 0) is 10.0 Å². The van der Waals surface area contributed by atoms with E-state index in [-0.39, 0.29) is 15.5 Å². The number of benzene rings is 1. The number of rotatable bonds is 6. The maximum Gasteiger partial charge on any atom is 0.348 e. The Labute approximate surface area is 133 Å². The topological polar surface area (TPSA) is 83.5 Å². The Bertz CT molecular complexity index is 763. The molecule has 0 aliphatic carbocycles. The molecule has 2 aromatic rings. The first kappa shape index (κ1) is 16.5. The Morgan fingerprint density at radius 2 is 1.91 bits per heavy atom. The largest absolute Gasteiger partial charge is 0.477 e. The number of carboxylic acids is 1. The fourth-order valence-corrected chi connectivity index (χ4v) is 3.79. The number of hydrogen-bond donors (Lipinski definition) is 2. The molecule has 1 aromatic heterocycles. The van der Waals surface area contributed by atoms with Gasteiger partial charge in [0, 0.05) is 0 Å². The van der Waals surface area contributed by atoms with E-state index in [1.807, 2.05) is 0 Å². The van der Waals surface area contributed by atoms with E-state index in [9.17, 15) is 13.2 Å². The molecule has 0 saturated heterocycles. The van der Waals surface area contributed by atoms with Gasteiger partial charge in [0.15, 0.2) is 0 Å². The first-order valence-electron chi connectivity index (χ1n) is 6.78. The van der Waals surface area contributed by atoms with E-state index < -0.39 is 16.0 Å². The quantitative estimate of drug-likeness (QED) is 0.839. The second-order valence-corrected chi connectivity index (χ2v) is 7.55. The lowest BCUT2D eigenvalue weighted by atomic mass is 9.99. The van der Waals surface area contributed by atoms with Crippen LogP contribution in [0.15, 0.2) is 40.6 Å². The molecular weight excluding hydrogens is 322 g/mol. The lowest BCUT2D eigenvalue weighted by Crippen LogP contribution is -2.14. The predicted octanol–water partition coefficient (Wildman–Crippen LogP) is 3.76. The Morgan fingerprint density at radius 3 is 2.45 bits per heavy atom. The van der Waals surface area contributed by atoms with Gasteiger partial charge in [-0.1, -0.05) is 26.0 Å². The zero-order chi connectivity index (χ0) is 16.3. The SMILES string of the molecule is CCC(C)c1ccc(S(=O)(=O)Nc2ccsc2C(=O)O)cc1. The number of aromatic carboxylic acids is 1. The number of carboxylic acid groups (broad SMARTS) is 1. The molecule has 0 aliphatic heterocycles. The van der Waals surface area contributed by atoms with Crippen molar-refractivity contribution < 1.29 is 18.3 Å². The van der Waals surface area contributed by atoms with Gasteiger partial charge in [0.05, 0.1) is 10.6 Å². The van der Waals surface area contributed by atoms with Gasteiger partial charge in [-0.05, 0) is 41.5 Å². The van der Waals surface area contributed by atoms with Gasteiger partial charge in [-0.15, -0.1) is 11.3 Å². The third-order valence-electron chi connectivity index (χ3n) is 3.48. The number of carbonyl (C=O) groups is 1. The van der Waals surface area contributed by atoms with Crippen LogP contribution in [0.25, 0.3) is 0 Å². The monoisotopic (exact) mass is 339 g/mol. The average Bonchev–Trinajstić information content (AvgIpc) is 2.94. The van der Waals surface area contributed by atoms with Crippen LogP contribution in [0.4, 0.5) is 5.69 Å². The van der Waals surface area contributed by atoms with E-state index in [1.54, 1.807) is 12.1 Å². The number of sulfonamides is 1. The van der Waals surface area contributed by atoms with E-state index in [0.29, 0.717) is 5.92 Å². The molecule has 118 valence electrons. The van der Waals surface area contributed by atoms with Crippen LogP contribution < -0.4 is 4.72 Å². The molecule has 0 amide bonds. The summed E-state index contributed by atoms with van der Waals surface area (Å²) in [6.07, 6.45) is 0.973. The van der Waals surface area contributed by atoms with Crippen molar-refractivity contribution in [3.63, 3.8) is 0 Å². The van der Waals surface area contributed by atoms with Crippen molar-refractivity contribution in [3.8, 4) is 0 Å². The Balaban J connectivity index is 2.27. The summed E-state index contributed by atoms with van der Waals surface area (Å²) >= 11 is 0.976. The summed E-state index contributed by atoms with van der Waals surface area (Å²) in [5.74, 6) is -0.792. The first-order chi connectivity index (χ1) is 10.3. The Morgan fingerprint density at radius 1 is 1.27 bits per heavy atom. The molecule has 0 aliphatic rings. The second-order valence-electron chi connectivity index (χ2n) is 4.95. The molecule has 2 N–H and O–H groups in total. The second kappa shape index (κ2) is 6.50. The van der Waals surface area contributed by atoms with Crippen molar-refractivity contribution in [2.24, 2.45) is 0 Å². The number of anilines is 1. The van der Waals surface area contributed by atoms with Gasteiger partial charge in [-0.3, -0.25) is 4.72 Å². The molecule has 1 unspecified atom stereocenters. The molecule has 2 rings (SSSR count). The summed E-state index contributed by atoms with van der Waals surface area (Å²) < 4.78 is 27.0. The highest BCUT2D eigenvalue weighted by Crippen LogP contribution is 2.26. The summed E-state index contributed by atoms with van der Waals surface area (Å²) in [4.78, 5) is 11.1. The van der Waals surface area contributed by atoms with Gasteiger partial charge < -0.3 is 5.11 Å².